The summed E-state index contributed by atoms with van der Waals surface area (Å²) in [5.41, 5.74) is 0. The van der Waals surface area contributed by atoms with E-state index < -0.39 is 34.0 Å². The van der Waals surface area contributed by atoms with Gasteiger partial charge in [0.1, 0.15) is 0 Å². The molecule has 0 amide bonds. The van der Waals surface area contributed by atoms with E-state index in [0.717, 1.165) is 0 Å². The minimum Gasteiger partial charge on any atom is -0.688 e. The second kappa shape index (κ2) is 8.74. The van der Waals surface area contributed by atoms with Crippen molar-refractivity contribution in [2.24, 2.45) is 0 Å². The zero-order valence-corrected chi connectivity index (χ0v) is 12.2. The number of hydrogen-bond donors (Lipinski definition) is 4. The molecular formula is C9H20O8P2-2. The van der Waals surface area contributed by atoms with Crippen LogP contribution in [0.5, 0.6) is 0 Å². The number of rotatable bonds is 10. The van der Waals surface area contributed by atoms with E-state index in [1.54, 1.807) is 0 Å². The molecule has 0 radical (unpaired) electrons. The van der Waals surface area contributed by atoms with Gasteiger partial charge in [0.15, 0.2) is 0 Å². The highest BCUT2D eigenvalue weighted by atomic mass is 31.2. The molecule has 4 N–H and O–H groups in total. The van der Waals surface area contributed by atoms with Gasteiger partial charge in [-0.1, -0.05) is 12.8 Å². The van der Waals surface area contributed by atoms with Crippen LogP contribution in [0.4, 0.5) is 0 Å². The van der Waals surface area contributed by atoms with E-state index in [1.807, 2.05) is 0 Å². The predicted molar refractivity (Wildman–Crippen MR) is 62.9 cm³/mol. The van der Waals surface area contributed by atoms with Gasteiger partial charge in [0.05, 0.1) is 6.10 Å². The summed E-state index contributed by atoms with van der Waals surface area (Å²) in [6, 6.07) is 0. The molecule has 0 fully saturated rings. The molecule has 0 saturated carbocycles. The topological polar surface area (TPSA) is 173 Å². The van der Waals surface area contributed by atoms with Crippen molar-refractivity contribution in [2.75, 3.05) is 6.16 Å². The maximum absolute atomic E-state index is 10.6. The molecule has 0 aliphatic carbocycles. The first-order valence-electron chi connectivity index (χ1n) is 5.95. The number of aliphatic hydroxyl groups is 2. The van der Waals surface area contributed by atoms with Crippen LogP contribution in [0.1, 0.15) is 38.5 Å². The molecule has 0 aromatic heterocycles. The first-order chi connectivity index (χ1) is 8.52. The maximum atomic E-state index is 10.6. The van der Waals surface area contributed by atoms with E-state index in [2.05, 4.69) is 0 Å². The Morgan fingerprint density at radius 3 is 1.79 bits per heavy atom. The van der Waals surface area contributed by atoms with E-state index in [-0.39, 0.29) is 12.8 Å². The molecule has 0 saturated heterocycles. The molecule has 0 heterocycles. The molecule has 10 heteroatoms. The molecule has 0 spiro atoms. The lowest BCUT2D eigenvalue weighted by Crippen LogP contribution is -2.35. The smallest absolute Gasteiger partial charge is 0.259 e. The summed E-state index contributed by atoms with van der Waals surface area (Å²) < 4.78 is 0. The quantitative estimate of drug-likeness (QED) is 0.243. The molecule has 116 valence electrons. The van der Waals surface area contributed by atoms with Gasteiger partial charge >= 0.3 is 0 Å². The lowest BCUT2D eigenvalue weighted by molar-refractivity contribution is -0.427. The third kappa shape index (κ3) is 12.0. The first kappa shape index (κ1) is 19.5. The fourth-order valence-electron chi connectivity index (χ4n) is 1.50. The van der Waals surface area contributed by atoms with Gasteiger partial charge in [-0.15, -0.1) is 0 Å². The van der Waals surface area contributed by atoms with Crippen molar-refractivity contribution in [3.05, 3.63) is 0 Å². The van der Waals surface area contributed by atoms with Crippen LogP contribution in [-0.4, -0.2) is 38.1 Å². The number of hydrogen-bond acceptors (Lipinski definition) is 8. The van der Waals surface area contributed by atoms with Crippen molar-refractivity contribution in [3.63, 3.8) is 0 Å². The minimum atomic E-state index is -4.58. The van der Waals surface area contributed by atoms with Crippen molar-refractivity contribution >= 4 is 15.9 Å². The summed E-state index contributed by atoms with van der Waals surface area (Å²) in [4.78, 5) is 58.8. The molecule has 19 heavy (non-hydrogen) atoms. The molecule has 0 aromatic rings. The van der Waals surface area contributed by atoms with E-state index in [4.69, 9.17) is 14.9 Å². The largest absolute Gasteiger partial charge is 0.688 e. The molecule has 0 aliphatic rings. The molecule has 0 aromatic carbocycles. The van der Waals surface area contributed by atoms with Gasteiger partial charge in [0.2, 0.25) is 5.85 Å². The van der Waals surface area contributed by atoms with Crippen LogP contribution >= 0.6 is 15.9 Å². The Labute approximate surface area is 113 Å². The Bertz CT molecular complexity index is 239. The SMILES string of the molecule is [O-][P+]([O-])([O-])CCC(O)CCCCCC(O)[P+]([O-])(O)O. The fraction of sp³-hybridized carbons (Fsp3) is 1.00. The summed E-state index contributed by atoms with van der Waals surface area (Å²) in [5.74, 6) is -1.66. The van der Waals surface area contributed by atoms with Gasteiger partial charge < -0.3 is 29.8 Å². The van der Waals surface area contributed by atoms with E-state index in [1.165, 1.54) is 0 Å². The van der Waals surface area contributed by atoms with Crippen molar-refractivity contribution < 1.29 is 39.6 Å². The number of unbranched alkanes of at least 4 members (excludes halogenated alkanes) is 2. The van der Waals surface area contributed by atoms with Crippen molar-refractivity contribution in [1.29, 1.82) is 0 Å². The zero-order chi connectivity index (χ0) is 15.1. The van der Waals surface area contributed by atoms with Gasteiger partial charge in [-0.2, -0.15) is 7.94 Å². The van der Waals surface area contributed by atoms with E-state index in [0.29, 0.717) is 25.7 Å². The van der Waals surface area contributed by atoms with Crippen LogP contribution in [-0.2, 0) is 0 Å². The standard InChI is InChI=1S/C9H22O8P2/c10-8(6-7-18(12,13)14)4-2-1-3-5-9(11)19(15,16)17/h8-11H,1-7H2,(H2,12,13,14)(H2,15,16,17)/p-2. The van der Waals surface area contributed by atoms with Gasteiger partial charge in [0.25, 0.3) is 7.94 Å². The molecule has 8 nitrogen and oxygen atoms in total. The van der Waals surface area contributed by atoms with Gasteiger partial charge in [-0.3, -0.25) is 0 Å². The average Bonchev–Trinajstić information content (AvgIpc) is 2.23. The van der Waals surface area contributed by atoms with Crippen LogP contribution < -0.4 is 19.6 Å². The summed E-state index contributed by atoms with van der Waals surface area (Å²) in [7, 11) is -9.02. The Kier molecular flexibility index (Phi) is 8.99. The Balaban J connectivity index is 3.54. The minimum absolute atomic E-state index is 0.0311. The van der Waals surface area contributed by atoms with Crippen LogP contribution in [0.2, 0.25) is 0 Å². The van der Waals surface area contributed by atoms with Crippen LogP contribution in [0.25, 0.3) is 0 Å². The monoisotopic (exact) mass is 318 g/mol. The molecule has 2 atom stereocenters. The third-order valence-corrected chi connectivity index (χ3v) is 4.46. The highest BCUT2D eigenvalue weighted by Crippen LogP contribution is 2.45. The normalized spacial score (nSPS) is 16.4. The highest BCUT2D eigenvalue weighted by Gasteiger charge is 2.30. The van der Waals surface area contributed by atoms with Crippen LogP contribution in [0.3, 0.4) is 0 Å². The molecule has 0 rings (SSSR count). The molecule has 0 bridgehead atoms. The van der Waals surface area contributed by atoms with Gasteiger partial charge in [0, 0.05) is 19.0 Å². The first-order valence-corrected chi connectivity index (χ1v) is 9.36. The Morgan fingerprint density at radius 1 is 0.789 bits per heavy atom. The third-order valence-electron chi connectivity index (χ3n) is 2.62. The van der Waals surface area contributed by atoms with Crippen molar-refractivity contribution in [1.82, 2.24) is 0 Å². The lowest BCUT2D eigenvalue weighted by atomic mass is 10.1. The average molecular weight is 318 g/mol. The Morgan fingerprint density at radius 2 is 1.32 bits per heavy atom. The fourth-order valence-corrected chi connectivity index (χ4v) is 2.64. The lowest BCUT2D eigenvalue weighted by Gasteiger charge is -2.42. The summed E-state index contributed by atoms with van der Waals surface area (Å²) in [5, 5.41) is 18.4. The summed E-state index contributed by atoms with van der Waals surface area (Å²) in [6.45, 7) is 0. The predicted octanol–water partition coefficient (Wildman–Crippen LogP) is -3.04. The van der Waals surface area contributed by atoms with E-state index >= 15 is 0 Å². The molecular weight excluding hydrogens is 298 g/mol. The molecule has 2 unspecified atom stereocenters. The highest BCUT2D eigenvalue weighted by molar-refractivity contribution is 7.57. The van der Waals surface area contributed by atoms with Gasteiger partial charge in [-0.05, 0) is 12.8 Å². The van der Waals surface area contributed by atoms with Crippen molar-refractivity contribution in [3.8, 4) is 0 Å². The second-order valence-electron chi connectivity index (χ2n) is 4.48. The number of aliphatic hydroxyl groups excluding tert-OH is 2. The van der Waals surface area contributed by atoms with Crippen LogP contribution in [0.15, 0.2) is 0 Å². The second-order valence-corrected chi connectivity index (χ2v) is 7.93. The van der Waals surface area contributed by atoms with Crippen LogP contribution in [0, 0.1) is 0 Å². The zero-order valence-electron chi connectivity index (χ0n) is 10.4. The van der Waals surface area contributed by atoms with E-state index in [9.17, 15) is 24.7 Å². The Hall–Kier alpha value is 0.540. The maximum Gasteiger partial charge on any atom is 0.259 e. The molecule has 0 aliphatic heterocycles. The van der Waals surface area contributed by atoms with Crippen molar-refractivity contribution in [2.45, 2.75) is 50.5 Å². The van der Waals surface area contributed by atoms with Gasteiger partial charge in [-0.25, -0.2) is 9.79 Å². The summed E-state index contributed by atoms with van der Waals surface area (Å²) >= 11 is 0. The summed E-state index contributed by atoms with van der Waals surface area (Å²) in [6.07, 6.45) is 0.185.